The van der Waals surface area contributed by atoms with E-state index in [1.807, 2.05) is 6.92 Å². The molecule has 0 saturated carbocycles. The summed E-state index contributed by atoms with van der Waals surface area (Å²) in [5.74, 6) is 0.0361. The molecule has 5 nitrogen and oxygen atoms in total. The van der Waals surface area contributed by atoms with E-state index < -0.39 is 5.91 Å². The number of aryl methyl sites for hydroxylation is 1. The molecule has 1 aromatic rings. The molecule has 4 N–H and O–H groups in total. The summed E-state index contributed by atoms with van der Waals surface area (Å²) in [7, 11) is 0. The summed E-state index contributed by atoms with van der Waals surface area (Å²) in [5, 5.41) is 6.20. The maximum absolute atomic E-state index is 12.0. The van der Waals surface area contributed by atoms with Crippen LogP contribution in [0.4, 0.5) is 5.69 Å². The van der Waals surface area contributed by atoms with Crippen molar-refractivity contribution in [3.05, 3.63) is 29.3 Å². The number of carbonyl (C=O) groups is 2. The van der Waals surface area contributed by atoms with Gasteiger partial charge in [-0.15, -0.1) is 0 Å². The van der Waals surface area contributed by atoms with Crippen LogP contribution >= 0.6 is 0 Å². The van der Waals surface area contributed by atoms with E-state index in [-0.39, 0.29) is 5.91 Å². The Bertz CT molecular complexity index is 508. The highest BCUT2D eigenvalue weighted by molar-refractivity contribution is 5.95. The fraction of sp³-hybridized carbons (Fsp3) is 0.467. The smallest absolute Gasteiger partial charge is 0.248 e. The van der Waals surface area contributed by atoms with Crippen LogP contribution in [-0.2, 0) is 4.79 Å². The van der Waals surface area contributed by atoms with Crippen molar-refractivity contribution in [3.8, 4) is 0 Å². The Morgan fingerprint density at radius 1 is 1.35 bits per heavy atom. The van der Waals surface area contributed by atoms with Crippen LogP contribution in [0, 0.1) is 12.8 Å². The summed E-state index contributed by atoms with van der Waals surface area (Å²) in [4.78, 5) is 23.1. The number of anilines is 1. The van der Waals surface area contributed by atoms with Gasteiger partial charge in [-0.1, -0.05) is 0 Å². The molecule has 1 aromatic carbocycles. The average Bonchev–Trinajstić information content (AvgIpc) is 2.42. The standard InChI is InChI=1S/C15H21N3O2/c1-10-8-12(15(16)20)2-3-13(10)18-14(19)9-11-4-6-17-7-5-11/h2-3,8,11,17H,4-7,9H2,1H3,(H2,16,20)(H,18,19). The summed E-state index contributed by atoms with van der Waals surface area (Å²) in [6, 6.07) is 5.06. The maximum Gasteiger partial charge on any atom is 0.248 e. The van der Waals surface area contributed by atoms with Crippen LogP contribution < -0.4 is 16.4 Å². The number of rotatable bonds is 4. The van der Waals surface area contributed by atoms with Gasteiger partial charge in [0.15, 0.2) is 0 Å². The molecule has 1 heterocycles. The first-order chi connectivity index (χ1) is 9.56. The molecule has 1 aliphatic heterocycles. The van der Waals surface area contributed by atoms with Crippen LogP contribution in [-0.4, -0.2) is 24.9 Å². The van der Waals surface area contributed by atoms with Gasteiger partial charge < -0.3 is 16.4 Å². The lowest BCUT2D eigenvalue weighted by atomic mass is 9.94. The van der Waals surface area contributed by atoms with Crippen molar-refractivity contribution < 1.29 is 9.59 Å². The van der Waals surface area contributed by atoms with Crippen molar-refractivity contribution in [1.82, 2.24) is 5.32 Å². The molecule has 0 aromatic heterocycles. The largest absolute Gasteiger partial charge is 0.366 e. The van der Waals surface area contributed by atoms with E-state index in [0.717, 1.165) is 37.2 Å². The molecule has 5 heteroatoms. The Morgan fingerprint density at radius 2 is 2.05 bits per heavy atom. The highest BCUT2D eigenvalue weighted by Gasteiger charge is 2.17. The Balaban J connectivity index is 1.95. The molecule has 0 atom stereocenters. The van der Waals surface area contributed by atoms with Crippen molar-refractivity contribution in [2.45, 2.75) is 26.2 Å². The first-order valence-electron chi connectivity index (χ1n) is 6.97. The van der Waals surface area contributed by atoms with Gasteiger partial charge in [0.1, 0.15) is 0 Å². The van der Waals surface area contributed by atoms with Crippen LogP contribution in [0.2, 0.25) is 0 Å². The molecule has 0 spiro atoms. The highest BCUT2D eigenvalue weighted by Crippen LogP contribution is 2.20. The number of amides is 2. The third-order valence-corrected chi connectivity index (χ3v) is 3.72. The van der Waals surface area contributed by atoms with Crippen LogP contribution in [0.3, 0.4) is 0 Å². The highest BCUT2D eigenvalue weighted by atomic mass is 16.2. The zero-order chi connectivity index (χ0) is 14.5. The number of primary amides is 1. The summed E-state index contributed by atoms with van der Waals surface area (Å²) in [5.41, 5.74) is 7.27. The third-order valence-electron chi connectivity index (χ3n) is 3.72. The van der Waals surface area contributed by atoms with E-state index in [0.29, 0.717) is 17.9 Å². The Morgan fingerprint density at radius 3 is 2.65 bits per heavy atom. The molecule has 0 aliphatic carbocycles. The van der Waals surface area contributed by atoms with Crippen LogP contribution in [0.5, 0.6) is 0 Å². The monoisotopic (exact) mass is 275 g/mol. The minimum Gasteiger partial charge on any atom is -0.366 e. The van der Waals surface area contributed by atoms with Gasteiger partial charge in [0.25, 0.3) is 0 Å². The van der Waals surface area contributed by atoms with Gasteiger partial charge in [-0.3, -0.25) is 9.59 Å². The predicted molar refractivity (Wildman–Crippen MR) is 78.5 cm³/mol. The van der Waals surface area contributed by atoms with Gasteiger partial charge in [-0.05, 0) is 62.5 Å². The predicted octanol–water partition coefficient (Wildman–Crippen LogP) is 1.42. The molecular formula is C15H21N3O2. The number of benzene rings is 1. The SMILES string of the molecule is Cc1cc(C(N)=O)ccc1NC(=O)CC1CCNCC1. The fourth-order valence-corrected chi connectivity index (χ4v) is 2.51. The van der Waals surface area contributed by atoms with E-state index >= 15 is 0 Å². The van der Waals surface area contributed by atoms with Gasteiger partial charge in [0.2, 0.25) is 11.8 Å². The second kappa shape index (κ2) is 6.52. The normalized spacial score (nSPS) is 15.8. The number of hydrogen-bond acceptors (Lipinski definition) is 3. The number of nitrogens with two attached hydrogens (primary N) is 1. The first-order valence-corrected chi connectivity index (χ1v) is 6.97. The number of nitrogens with one attached hydrogen (secondary N) is 2. The van der Waals surface area contributed by atoms with E-state index in [4.69, 9.17) is 5.73 Å². The molecule has 2 amide bonds. The Hall–Kier alpha value is -1.88. The molecule has 0 radical (unpaired) electrons. The topological polar surface area (TPSA) is 84.2 Å². The van der Waals surface area contributed by atoms with Crippen molar-refractivity contribution in [3.63, 3.8) is 0 Å². The number of hydrogen-bond donors (Lipinski definition) is 3. The van der Waals surface area contributed by atoms with Crippen molar-refractivity contribution in [1.29, 1.82) is 0 Å². The van der Waals surface area contributed by atoms with Gasteiger partial charge in [-0.2, -0.15) is 0 Å². The second-order valence-electron chi connectivity index (χ2n) is 5.34. The van der Waals surface area contributed by atoms with E-state index in [2.05, 4.69) is 10.6 Å². The molecule has 1 saturated heterocycles. The lowest BCUT2D eigenvalue weighted by molar-refractivity contribution is -0.117. The van der Waals surface area contributed by atoms with Gasteiger partial charge in [0.05, 0.1) is 0 Å². The number of carbonyl (C=O) groups excluding carboxylic acids is 2. The maximum atomic E-state index is 12.0. The minimum absolute atomic E-state index is 0.0341. The lowest BCUT2D eigenvalue weighted by Gasteiger charge is -2.22. The van der Waals surface area contributed by atoms with Crippen LogP contribution in [0.15, 0.2) is 18.2 Å². The Kier molecular flexibility index (Phi) is 4.74. The molecule has 0 unspecified atom stereocenters. The van der Waals surface area contributed by atoms with E-state index in [9.17, 15) is 9.59 Å². The zero-order valence-electron chi connectivity index (χ0n) is 11.7. The molecule has 1 fully saturated rings. The second-order valence-corrected chi connectivity index (χ2v) is 5.34. The summed E-state index contributed by atoms with van der Waals surface area (Å²) >= 11 is 0. The molecule has 2 rings (SSSR count). The quantitative estimate of drug-likeness (QED) is 0.777. The molecular weight excluding hydrogens is 254 g/mol. The molecule has 0 bridgehead atoms. The van der Waals surface area contributed by atoms with Crippen molar-refractivity contribution in [2.24, 2.45) is 11.7 Å². The molecule has 108 valence electrons. The zero-order valence-corrected chi connectivity index (χ0v) is 11.7. The van der Waals surface area contributed by atoms with Gasteiger partial charge in [-0.25, -0.2) is 0 Å². The van der Waals surface area contributed by atoms with Crippen molar-refractivity contribution in [2.75, 3.05) is 18.4 Å². The molecule has 20 heavy (non-hydrogen) atoms. The fourth-order valence-electron chi connectivity index (χ4n) is 2.51. The first kappa shape index (κ1) is 14.5. The Labute approximate surface area is 118 Å². The van der Waals surface area contributed by atoms with Gasteiger partial charge >= 0.3 is 0 Å². The minimum atomic E-state index is -0.458. The number of piperidine rings is 1. The van der Waals surface area contributed by atoms with E-state index in [1.165, 1.54) is 0 Å². The molecule has 1 aliphatic rings. The van der Waals surface area contributed by atoms with Gasteiger partial charge in [0, 0.05) is 17.7 Å². The third kappa shape index (κ3) is 3.81. The lowest BCUT2D eigenvalue weighted by Crippen LogP contribution is -2.30. The summed E-state index contributed by atoms with van der Waals surface area (Å²) < 4.78 is 0. The average molecular weight is 275 g/mol. The summed E-state index contributed by atoms with van der Waals surface area (Å²) in [6.45, 7) is 3.83. The van der Waals surface area contributed by atoms with Crippen LogP contribution in [0.1, 0.15) is 35.2 Å². The van der Waals surface area contributed by atoms with Crippen LogP contribution in [0.25, 0.3) is 0 Å². The van der Waals surface area contributed by atoms with E-state index in [1.54, 1.807) is 18.2 Å². The van der Waals surface area contributed by atoms with Crippen molar-refractivity contribution >= 4 is 17.5 Å². The summed E-state index contributed by atoms with van der Waals surface area (Å²) in [6.07, 6.45) is 2.65.